The molecule has 0 heterocycles. The van der Waals surface area contributed by atoms with E-state index >= 15 is 0 Å². The van der Waals surface area contributed by atoms with Gasteiger partial charge in [-0.3, -0.25) is 0 Å². The van der Waals surface area contributed by atoms with Gasteiger partial charge >= 0.3 is 0 Å². The maximum absolute atomic E-state index is 5.50. The van der Waals surface area contributed by atoms with Crippen molar-refractivity contribution in [1.29, 1.82) is 0 Å². The monoisotopic (exact) mass is 288 g/mol. The minimum Gasteiger partial charge on any atom is -0.385 e. The summed E-state index contributed by atoms with van der Waals surface area (Å²) in [6, 6.07) is 0. The maximum atomic E-state index is 5.50. The molecule has 0 aromatic rings. The molecule has 0 radical (unpaired) electrons. The SMILES string of the molecule is CCCCCN(CCCCC)C(=S)NCCCOC. The van der Waals surface area contributed by atoms with Crippen LogP contribution in [0.25, 0.3) is 0 Å². The third kappa shape index (κ3) is 11.2. The smallest absolute Gasteiger partial charge is 0.168 e. The molecule has 0 unspecified atom stereocenters. The van der Waals surface area contributed by atoms with Gasteiger partial charge < -0.3 is 15.0 Å². The summed E-state index contributed by atoms with van der Waals surface area (Å²) in [7, 11) is 1.74. The van der Waals surface area contributed by atoms with E-state index in [1.165, 1.54) is 38.5 Å². The number of methoxy groups -OCH3 is 1. The van der Waals surface area contributed by atoms with Gasteiger partial charge in [-0.25, -0.2) is 0 Å². The lowest BCUT2D eigenvalue weighted by atomic mass is 10.2. The van der Waals surface area contributed by atoms with Gasteiger partial charge in [-0.05, 0) is 31.5 Å². The Morgan fingerprint density at radius 3 is 2.05 bits per heavy atom. The second-order valence-corrected chi connectivity index (χ2v) is 5.37. The molecule has 0 rings (SSSR count). The van der Waals surface area contributed by atoms with Crippen LogP contribution < -0.4 is 5.32 Å². The highest BCUT2D eigenvalue weighted by Crippen LogP contribution is 2.03. The summed E-state index contributed by atoms with van der Waals surface area (Å²) in [6.07, 6.45) is 8.58. The van der Waals surface area contributed by atoms with Crippen molar-refractivity contribution >= 4 is 17.3 Å². The minimum absolute atomic E-state index is 0.793. The van der Waals surface area contributed by atoms with Crippen molar-refractivity contribution in [3.05, 3.63) is 0 Å². The summed E-state index contributed by atoms with van der Waals surface area (Å²) >= 11 is 5.50. The third-order valence-corrected chi connectivity index (χ3v) is 3.55. The van der Waals surface area contributed by atoms with Gasteiger partial charge in [-0.15, -0.1) is 0 Å². The van der Waals surface area contributed by atoms with E-state index in [1.807, 2.05) is 0 Å². The van der Waals surface area contributed by atoms with E-state index in [9.17, 15) is 0 Å². The highest BCUT2D eigenvalue weighted by atomic mass is 32.1. The van der Waals surface area contributed by atoms with Crippen LogP contribution in [0.15, 0.2) is 0 Å². The standard InChI is InChI=1S/C15H32N2OS/c1-4-6-8-12-17(13-9-7-5-2)15(19)16-11-10-14-18-3/h4-14H2,1-3H3,(H,16,19). The first-order chi connectivity index (χ1) is 9.26. The zero-order valence-corrected chi connectivity index (χ0v) is 13.9. The molecule has 0 saturated heterocycles. The fourth-order valence-corrected chi connectivity index (χ4v) is 2.23. The minimum atomic E-state index is 0.793. The zero-order valence-electron chi connectivity index (χ0n) is 13.0. The molecule has 3 nitrogen and oxygen atoms in total. The topological polar surface area (TPSA) is 24.5 Å². The van der Waals surface area contributed by atoms with E-state index in [1.54, 1.807) is 7.11 Å². The number of hydrogen-bond donors (Lipinski definition) is 1. The summed E-state index contributed by atoms with van der Waals surface area (Å²) in [5, 5.41) is 4.27. The first-order valence-corrected chi connectivity index (χ1v) is 8.18. The average molecular weight is 289 g/mol. The first-order valence-electron chi connectivity index (χ1n) is 7.77. The molecule has 1 N–H and O–H groups in total. The Bertz CT molecular complexity index is 202. The van der Waals surface area contributed by atoms with Crippen LogP contribution in [-0.2, 0) is 4.74 Å². The fourth-order valence-electron chi connectivity index (χ4n) is 1.94. The first kappa shape index (κ1) is 18.7. The molecule has 0 fully saturated rings. The Morgan fingerprint density at radius 1 is 1.00 bits per heavy atom. The Morgan fingerprint density at radius 2 is 1.58 bits per heavy atom. The normalized spacial score (nSPS) is 10.5. The Kier molecular flexibility index (Phi) is 13.8. The van der Waals surface area contributed by atoms with E-state index in [-0.39, 0.29) is 0 Å². The quantitative estimate of drug-likeness (QED) is 0.438. The molecule has 0 aliphatic heterocycles. The molecule has 0 bridgehead atoms. The molecule has 114 valence electrons. The number of rotatable bonds is 12. The van der Waals surface area contributed by atoms with Gasteiger partial charge in [0.15, 0.2) is 5.11 Å². The summed E-state index contributed by atoms with van der Waals surface area (Å²) in [5.74, 6) is 0. The predicted octanol–water partition coefficient (Wildman–Crippen LogP) is 3.58. The van der Waals surface area contributed by atoms with Gasteiger partial charge in [0.2, 0.25) is 0 Å². The molecule has 0 aliphatic carbocycles. The van der Waals surface area contributed by atoms with Crippen molar-refractivity contribution in [1.82, 2.24) is 10.2 Å². The van der Waals surface area contributed by atoms with Crippen molar-refractivity contribution in [3.63, 3.8) is 0 Å². The molecule has 0 amide bonds. The lowest BCUT2D eigenvalue weighted by Gasteiger charge is -2.26. The van der Waals surface area contributed by atoms with Crippen molar-refractivity contribution in [2.24, 2.45) is 0 Å². The van der Waals surface area contributed by atoms with E-state index in [4.69, 9.17) is 17.0 Å². The van der Waals surface area contributed by atoms with E-state index in [0.717, 1.165) is 37.8 Å². The van der Waals surface area contributed by atoms with Crippen molar-refractivity contribution in [2.45, 2.75) is 58.8 Å². The highest BCUT2D eigenvalue weighted by molar-refractivity contribution is 7.80. The summed E-state index contributed by atoms with van der Waals surface area (Å²) < 4.78 is 5.05. The fraction of sp³-hybridized carbons (Fsp3) is 0.933. The number of unbranched alkanes of at least 4 members (excludes halogenated alkanes) is 4. The molecule has 19 heavy (non-hydrogen) atoms. The van der Waals surface area contributed by atoms with Gasteiger partial charge in [0.05, 0.1) is 0 Å². The van der Waals surface area contributed by atoms with Gasteiger partial charge in [0.25, 0.3) is 0 Å². The number of nitrogens with zero attached hydrogens (tertiary/aromatic N) is 1. The van der Waals surface area contributed by atoms with Crippen LogP contribution in [0.1, 0.15) is 58.8 Å². The molecule has 0 aromatic heterocycles. The Labute approximate surface area is 125 Å². The lowest BCUT2D eigenvalue weighted by molar-refractivity contribution is 0.195. The average Bonchev–Trinajstić information content (AvgIpc) is 2.42. The number of nitrogens with one attached hydrogen (secondary N) is 1. The van der Waals surface area contributed by atoms with Crippen LogP contribution in [0.5, 0.6) is 0 Å². The third-order valence-electron chi connectivity index (χ3n) is 3.15. The van der Waals surface area contributed by atoms with E-state index < -0.39 is 0 Å². The van der Waals surface area contributed by atoms with Crippen LogP contribution in [-0.4, -0.2) is 43.4 Å². The van der Waals surface area contributed by atoms with Crippen molar-refractivity contribution in [2.75, 3.05) is 33.4 Å². The van der Waals surface area contributed by atoms with Gasteiger partial charge in [-0.1, -0.05) is 39.5 Å². The largest absolute Gasteiger partial charge is 0.385 e. The van der Waals surface area contributed by atoms with Gasteiger partial charge in [0.1, 0.15) is 0 Å². The van der Waals surface area contributed by atoms with Crippen molar-refractivity contribution < 1.29 is 4.74 Å². The predicted molar refractivity (Wildman–Crippen MR) is 87.7 cm³/mol. The van der Waals surface area contributed by atoms with Crippen LogP contribution in [0.4, 0.5) is 0 Å². The van der Waals surface area contributed by atoms with E-state index in [0.29, 0.717) is 0 Å². The van der Waals surface area contributed by atoms with E-state index in [2.05, 4.69) is 24.1 Å². The molecule has 4 heteroatoms. The number of thiocarbonyl (C=S) groups is 1. The molecule has 0 atom stereocenters. The Hall–Kier alpha value is -0.350. The van der Waals surface area contributed by atoms with Crippen LogP contribution in [0.2, 0.25) is 0 Å². The zero-order chi connectivity index (χ0) is 14.3. The summed E-state index contributed by atoms with van der Waals surface area (Å²) in [6.45, 7) is 8.36. The lowest BCUT2D eigenvalue weighted by Crippen LogP contribution is -2.41. The van der Waals surface area contributed by atoms with Gasteiger partial charge in [0, 0.05) is 33.4 Å². The molecular formula is C15H32N2OS. The summed E-state index contributed by atoms with van der Waals surface area (Å²) in [5.41, 5.74) is 0. The molecule has 0 spiro atoms. The number of hydrogen-bond acceptors (Lipinski definition) is 2. The second-order valence-electron chi connectivity index (χ2n) is 4.98. The van der Waals surface area contributed by atoms with Gasteiger partial charge in [-0.2, -0.15) is 0 Å². The molecular weight excluding hydrogens is 256 g/mol. The van der Waals surface area contributed by atoms with Crippen LogP contribution in [0.3, 0.4) is 0 Å². The second kappa shape index (κ2) is 14.1. The molecule has 0 aliphatic rings. The van der Waals surface area contributed by atoms with Crippen molar-refractivity contribution in [3.8, 4) is 0 Å². The van der Waals surface area contributed by atoms with Crippen LogP contribution in [0, 0.1) is 0 Å². The Balaban J connectivity index is 3.94. The maximum Gasteiger partial charge on any atom is 0.168 e. The number of ether oxygens (including phenoxy) is 1. The highest BCUT2D eigenvalue weighted by Gasteiger charge is 2.08. The van der Waals surface area contributed by atoms with Crippen LogP contribution >= 0.6 is 12.2 Å². The molecule has 0 saturated carbocycles. The summed E-state index contributed by atoms with van der Waals surface area (Å²) in [4.78, 5) is 2.34. The molecule has 0 aromatic carbocycles.